The van der Waals surface area contributed by atoms with E-state index in [0.717, 1.165) is 17.5 Å². The molecular formula is C19H18F2N4O3. The summed E-state index contributed by atoms with van der Waals surface area (Å²) in [5, 5.41) is 6.37. The molecule has 0 atom stereocenters. The highest BCUT2D eigenvalue weighted by molar-refractivity contribution is 5.92. The van der Waals surface area contributed by atoms with E-state index in [0.29, 0.717) is 24.9 Å². The Bertz CT molecular complexity index is 971. The highest BCUT2D eigenvalue weighted by atomic mass is 19.1. The van der Waals surface area contributed by atoms with Crippen molar-refractivity contribution in [3.05, 3.63) is 70.6 Å². The van der Waals surface area contributed by atoms with E-state index in [9.17, 15) is 13.6 Å². The number of benzene rings is 1. The molecule has 0 aliphatic rings. The summed E-state index contributed by atoms with van der Waals surface area (Å²) < 4.78 is 36.6. The van der Waals surface area contributed by atoms with Gasteiger partial charge in [0.2, 0.25) is 0 Å². The van der Waals surface area contributed by atoms with Gasteiger partial charge in [-0.2, -0.15) is 0 Å². The topological polar surface area (TPSA) is 90.1 Å². The summed E-state index contributed by atoms with van der Waals surface area (Å²) in [6.07, 6.45) is 0.478. The Morgan fingerprint density at radius 3 is 2.61 bits per heavy atom. The number of halogens is 2. The summed E-state index contributed by atoms with van der Waals surface area (Å²) in [5.41, 5.74) is 1.81. The zero-order valence-electron chi connectivity index (χ0n) is 15.3. The molecule has 0 saturated carbocycles. The van der Waals surface area contributed by atoms with Gasteiger partial charge in [0.15, 0.2) is 23.0 Å². The van der Waals surface area contributed by atoms with Gasteiger partial charge in [-0.1, -0.05) is 5.16 Å². The Balaban J connectivity index is 1.50. The van der Waals surface area contributed by atoms with Crippen molar-refractivity contribution in [3.8, 4) is 5.75 Å². The van der Waals surface area contributed by atoms with Gasteiger partial charge < -0.3 is 14.6 Å². The first-order valence-corrected chi connectivity index (χ1v) is 8.53. The third-order valence-corrected chi connectivity index (χ3v) is 3.72. The lowest BCUT2D eigenvalue weighted by molar-refractivity contribution is 0.0944. The van der Waals surface area contributed by atoms with Crippen molar-refractivity contribution in [1.82, 2.24) is 20.4 Å². The summed E-state index contributed by atoms with van der Waals surface area (Å²) in [7, 11) is 0. The average Bonchev–Trinajstić information content (AvgIpc) is 3.09. The number of hydrogen-bond donors (Lipinski definition) is 1. The lowest BCUT2D eigenvalue weighted by Crippen LogP contribution is -2.26. The molecular weight excluding hydrogens is 370 g/mol. The zero-order chi connectivity index (χ0) is 20.1. The number of ether oxygens (including phenoxy) is 1. The Kier molecular flexibility index (Phi) is 5.93. The van der Waals surface area contributed by atoms with Crippen LogP contribution in [0.1, 0.15) is 33.5 Å². The van der Waals surface area contributed by atoms with Crippen LogP contribution in [0.25, 0.3) is 0 Å². The lowest BCUT2D eigenvalue weighted by atomic mass is 10.3. The van der Waals surface area contributed by atoms with Gasteiger partial charge in [-0.05, 0) is 32.0 Å². The largest absolute Gasteiger partial charge is 0.482 e. The fraction of sp³-hybridized carbons (Fsp3) is 0.263. The van der Waals surface area contributed by atoms with Crippen LogP contribution < -0.4 is 10.1 Å². The molecule has 2 aromatic heterocycles. The summed E-state index contributed by atoms with van der Waals surface area (Å²) in [4.78, 5) is 20.7. The van der Waals surface area contributed by atoms with E-state index in [-0.39, 0.29) is 23.8 Å². The van der Waals surface area contributed by atoms with E-state index in [4.69, 9.17) is 9.26 Å². The van der Waals surface area contributed by atoms with Crippen molar-refractivity contribution in [1.29, 1.82) is 0 Å². The van der Waals surface area contributed by atoms with Crippen LogP contribution in [0.2, 0.25) is 0 Å². The van der Waals surface area contributed by atoms with Gasteiger partial charge in [0.1, 0.15) is 18.2 Å². The maximum absolute atomic E-state index is 13.5. The first-order chi connectivity index (χ1) is 13.4. The Labute approximate surface area is 159 Å². The third kappa shape index (κ3) is 5.09. The van der Waals surface area contributed by atoms with E-state index < -0.39 is 17.5 Å². The number of amides is 1. The summed E-state index contributed by atoms with van der Waals surface area (Å²) in [5.74, 6) is -1.20. The van der Waals surface area contributed by atoms with Crippen molar-refractivity contribution in [3.63, 3.8) is 0 Å². The maximum Gasteiger partial charge on any atom is 0.273 e. The van der Waals surface area contributed by atoms with Gasteiger partial charge in [-0.25, -0.2) is 18.7 Å². The summed E-state index contributed by atoms with van der Waals surface area (Å²) in [6.45, 7) is 3.95. The molecule has 0 spiro atoms. The summed E-state index contributed by atoms with van der Waals surface area (Å²) in [6, 6.07) is 6.23. The van der Waals surface area contributed by atoms with Crippen LogP contribution >= 0.6 is 0 Å². The molecule has 7 nitrogen and oxygen atoms in total. The number of carbonyl (C=O) groups is 1. The molecule has 2 heterocycles. The molecule has 0 fully saturated rings. The molecule has 1 N–H and O–H groups in total. The van der Waals surface area contributed by atoms with E-state index in [1.807, 2.05) is 19.9 Å². The van der Waals surface area contributed by atoms with Crippen LogP contribution in [0.5, 0.6) is 5.75 Å². The Morgan fingerprint density at radius 2 is 1.89 bits per heavy atom. The quantitative estimate of drug-likeness (QED) is 0.669. The highest BCUT2D eigenvalue weighted by Crippen LogP contribution is 2.19. The SMILES string of the molecule is Cc1cc(C)nc(CCNC(=O)c2cc(COc3ccc(F)cc3F)on2)n1. The molecule has 28 heavy (non-hydrogen) atoms. The molecule has 1 aromatic carbocycles. The minimum Gasteiger partial charge on any atom is -0.482 e. The third-order valence-electron chi connectivity index (χ3n) is 3.72. The first kappa shape index (κ1) is 19.4. The molecule has 1 amide bonds. The van der Waals surface area contributed by atoms with E-state index in [2.05, 4.69) is 20.4 Å². The van der Waals surface area contributed by atoms with Gasteiger partial charge in [0, 0.05) is 36.5 Å². The molecule has 0 radical (unpaired) electrons. The van der Waals surface area contributed by atoms with Crippen LogP contribution in [0.4, 0.5) is 8.78 Å². The molecule has 3 rings (SSSR count). The van der Waals surface area contributed by atoms with Crippen LogP contribution in [-0.2, 0) is 13.0 Å². The number of aryl methyl sites for hydroxylation is 2. The van der Waals surface area contributed by atoms with Gasteiger partial charge in [0.25, 0.3) is 5.91 Å². The molecule has 0 bridgehead atoms. The van der Waals surface area contributed by atoms with Gasteiger partial charge in [0.05, 0.1) is 0 Å². The van der Waals surface area contributed by atoms with Crippen LogP contribution in [-0.4, -0.2) is 27.6 Å². The van der Waals surface area contributed by atoms with Crippen molar-refractivity contribution >= 4 is 5.91 Å². The normalized spacial score (nSPS) is 10.7. The minimum absolute atomic E-state index is 0.0690. The van der Waals surface area contributed by atoms with Crippen molar-refractivity contribution in [2.24, 2.45) is 0 Å². The van der Waals surface area contributed by atoms with Gasteiger partial charge >= 0.3 is 0 Å². The van der Waals surface area contributed by atoms with Gasteiger partial charge in [-0.3, -0.25) is 4.79 Å². The van der Waals surface area contributed by atoms with Crippen molar-refractivity contribution in [2.45, 2.75) is 26.9 Å². The van der Waals surface area contributed by atoms with E-state index in [1.165, 1.54) is 12.1 Å². The fourth-order valence-corrected chi connectivity index (χ4v) is 2.52. The van der Waals surface area contributed by atoms with Crippen LogP contribution in [0.3, 0.4) is 0 Å². The van der Waals surface area contributed by atoms with Crippen molar-refractivity contribution in [2.75, 3.05) is 6.54 Å². The lowest BCUT2D eigenvalue weighted by Gasteiger charge is -2.04. The predicted molar refractivity (Wildman–Crippen MR) is 94.7 cm³/mol. The number of nitrogens with zero attached hydrogens (tertiary/aromatic N) is 3. The molecule has 0 saturated heterocycles. The van der Waals surface area contributed by atoms with Crippen LogP contribution in [0, 0.1) is 25.5 Å². The predicted octanol–water partition coefficient (Wildman–Crippen LogP) is 2.91. The van der Waals surface area contributed by atoms with Crippen molar-refractivity contribution < 1.29 is 22.8 Å². The number of aromatic nitrogens is 3. The minimum atomic E-state index is -0.828. The molecule has 0 aliphatic carbocycles. The van der Waals surface area contributed by atoms with Gasteiger partial charge in [-0.15, -0.1) is 0 Å². The zero-order valence-corrected chi connectivity index (χ0v) is 15.3. The molecule has 9 heteroatoms. The highest BCUT2D eigenvalue weighted by Gasteiger charge is 2.14. The smallest absolute Gasteiger partial charge is 0.273 e. The second-order valence-electron chi connectivity index (χ2n) is 6.11. The first-order valence-electron chi connectivity index (χ1n) is 8.53. The molecule has 0 unspecified atom stereocenters. The number of nitrogens with one attached hydrogen (secondary N) is 1. The van der Waals surface area contributed by atoms with Crippen LogP contribution in [0.15, 0.2) is 34.9 Å². The molecule has 146 valence electrons. The maximum atomic E-state index is 13.5. The number of carbonyl (C=O) groups excluding carboxylic acids is 1. The van der Waals surface area contributed by atoms with E-state index in [1.54, 1.807) is 0 Å². The van der Waals surface area contributed by atoms with E-state index >= 15 is 0 Å². The standard InChI is InChI=1S/C19H18F2N4O3/c1-11-7-12(2)24-18(23-11)5-6-22-19(26)16-9-14(28-25-16)10-27-17-4-3-13(20)8-15(17)21/h3-4,7-9H,5-6,10H2,1-2H3,(H,22,26). The Hall–Kier alpha value is -3.36. The second kappa shape index (κ2) is 8.55. The fourth-order valence-electron chi connectivity index (χ4n) is 2.52. The second-order valence-corrected chi connectivity index (χ2v) is 6.11. The molecule has 3 aromatic rings. The number of rotatable bonds is 7. The molecule has 0 aliphatic heterocycles. The number of hydrogen-bond acceptors (Lipinski definition) is 6. The average molecular weight is 388 g/mol. The monoisotopic (exact) mass is 388 g/mol. The summed E-state index contributed by atoms with van der Waals surface area (Å²) >= 11 is 0. The Morgan fingerprint density at radius 1 is 1.14 bits per heavy atom.